The molecule has 0 bridgehead atoms. The number of rotatable bonds is 3. The van der Waals surface area contributed by atoms with E-state index in [-0.39, 0.29) is 6.54 Å². The minimum atomic E-state index is -4.16. The minimum absolute atomic E-state index is 0.0595. The highest BCUT2D eigenvalue weighted by Crippen LogP contribution is 2.29. The number of hydrogen-bond donors (Lipinski definition) is 3. The normalized spacial score (nSPS) is 11.6. The Morgan fingerprint density at radius 2 is 2.00 bits per heavy atom. The van der Waals surface area contributed by atoms with E-state index in [0.29, 0.717) is 10.6 Å². The van der Waals surface area contributed by atoms with Gasteiger partial charge in [-0.15, -0.1) is 0 Å². The molecular formula is C7H9ClNO3P. The van der Waals surface area contributed by atoms with E-state index in [4.69, 9.17) is 21.4 Å². The van der Waals surface area contributed by atoms with E-state index in [0.717, 1.165) is 0 Å². The molecule has 0 atom stereocenters. The van der Waals surface area contributed by atoms with Gasteiger partial charge in [0.2, 0.25) is 0 Å². The quantitative estimate of drug-likeness (QED) is 0.677. The lowest BCUT2D eigenvalue weighted by Gasteiger charge is -2.06. The van der Waals surface area contributed by atoms with Gasteiger partial charge in [0.05, 0.1) is 0 Å². The Kier molecular flexibility index (Phi) is 3.47. The average Bonchev–Trinajstić information content (AvgIpc) is 2.01. The summed E-state index contributed by atoms with van der Waals surface area (Å²) in [5.41, 5.74) is 0.660. The van der Waals surface area contributed by atoms with Crippen molar-refractivity contribution in [2.75, 3.05) is 0 Å². The zero-order valence-electron chi connectivity index (χ0n) is 6.64. The van der Waals surface area contributed by atoms with Crippen LogP contribution in [0.3, 0.4) is 0 Å². The Bertz CT molecular complexity index is 338. The van der Waals surface area contributed by atoms with Gasteiger partial charge in [-0.3, -0.25) is 0 Å². The van der Waals surface area contributed by atoms with Crippen LogP contribution in [0.4, 0.5) is 0 Å². The van der Waals surface area contributed by atoms with Crippen LogP contribution in [0.15, 0.2) is 24.3 Å². The van der Waals surface area contributed by atoms with E-state index in [1.54, 1.807) is 24.3 Å². The number of halogens is 1. The lowest BCUT2D eigenvalue weighted by Crippen LogP contribution is -2.09. The van der Waals surface area contributed by atoms with Gasteiger partial charge in [0, 0.05) is 11.6 Å². The molecule has 0 radical (unpaired) electrons. The molecule has 0 aliphatic heterocycles. The van der Waals surface area contributed by atoms with Crippen molar-refractivity contribution >= 4 is 19.3 Å². The summed E-state index contributed by atoms with van der Waals surface area (Å²) in [4.78, 5) is 17.1. The Balaban J connectivity index is 2.65. The van der Waals surface area contributed by atoms with Crippen molar-refractivity contribution in [2.45, 2.75) is 6.54 Å². The molecule has 0 unspecified atom stereocenters. The topological polar surface area (TPSA) is 69.6 Å². The van der Waals surface area contributed by atoms with E-state index < -0.39 is 7.75 Å². The molecule has 72 valence electrons. The molecule has 0 aromatic heterocycles. The lowest BCUT2D eigenvalue weighted by molar-refractivity contribution is 0.357. The fourth-order valence-corrected chi connectivity index (χ4v) is 1.41. The molecule has 6 heteroatoms. The molecule has 0 amide bonds. The highest BCUT2D eigenvalue weighted by atomic mass is 35.5. The maximum absolute atomic E-state index is 10.5. The van der Waals surface area contributed by atoms with E-state index in [9.17, 15) is 4.57 Å². The van der Waals surface area contributed by atoms with Gasteiger partial charge in [0.1, 0.15) is 0 Å². The van der Waals surface area contributed by atoms with Crippen LogP contribution in [0, 0.1) is 0 Å². The maximum atomic E-state index is 10.5. The zero-order chi connectivity index (χ0) is 9.90. The molecule has 3 N–H and O–H groups in total. The van der Waals surface area contributed by atoms with Crippen LogP contribution in [0.2, 0.25) is 5.02 Å². The predicted octanol–water partition coefficient (Wildman–Crippen LogP) is 1.52. The van der Waals surface area contributed by atoms with Crippen molar-refractivity contribution in [2.24, 2.45) is 0 Å². The number of nitrogens with one attached hydrogen (secondary N) is 1. The predicted molar refractivity (Wildman–Crippen MR) is 50.3 cm³/mol. The van der Waals surface area contributed by atoms with E-state index in [1.807, 2.05) is 0 Å². The van der Waals surface area contributed by atoms with Crippen LogP contribution in [0.25, 0.3) is 0 Å². The van der Waals surface area contributed by atoms with Crippen molar-refractivity contribution in [3.05, 3.63) is 34.9 Å². The molecule has 4 nitrogen and oxygen atoms in total. The molecule has 0 fully saturated rings. The van der Waals surface area contributed by atoms with Crippen molar-refractivity contribution in [3.63, 3.8) is 0 Å². The molecule has 13 heavy (non-hydrogen) atoms. The second-order valence-corrected chi connectivity index (χ2v) is 4.28. The summed E-state index contributed by atoms with van der Waals surface area (Å²) in [7, 11) is -4.16. The van der Waals surface area contributed by atoms with Gasteiger partial charge >= 0.3 is 7.75 Å². The highest BCUT2D eigenvalue weighted by molar-refractivity contribution is 7.49. The Morgan fingerprint density at radius 3 is 2.54 bits per heavy atom. The number of hydrogen-bond acceptors (Lipinski definition) is 1. The molecule has 0 saturated carbocycles. The number of benzene rings is 1. The van der Waals surface area contributed by atoms with E-state index >= 15 is 0 Å². The second kappa shape index (κ2) is 4.22. The largest absolute Gasteiger partial charge is 0.400 e. The third kappa shape index (κ3) is 3.89. The summed E-state index contributed by atoms with van der Waals surface area (Å²) in [6, 6.07) is 6.87. The fraction of sp³-hybridized carbons (Fsp3) is 0.143. The van der Waals surface area contributed by atoms with Gasteiger partial charge in [-0.25, -0.2) is 9.65 Å². The first kappa shape index (κ1) is 10.7. The van der Waals surface area contributed by atoms with Gasteiger partial charge in [-0.2, -0.15) is 0 Å². The molecular weight excluding hydrogens is 213 g/mol. The van der Waals surface area contributed by atoms with Crippen LogP contribution >= 0.6 is 19.3 Å². The van der Waals surface area contributed by atoms with Crippen LogP contribution < -0.4 is 5.09 Å². The summed E-state index contributed by atoms with van der Waals surface area (Å²) < 4.78 is 10.5. The summed E-state index contributed by atoms with van der Waals surface area (Å²) in [6.07, 6.45) is 0. The molecule has 1 aromatic carbocycles. The summed E-state index contributed by atoms with van der Waals surface area (Å²) >= 11 is 5.76. The second-order valence-electron chi connectivity index (χ2n) is 2.47. The van der Waals surface area contributed by atoms with Gasteiger partial charge in [0.25, 0.3) is 0 Å². The van der Waals surface area contributed by atoms with Crippen LogP contribution in [0.5, 0.6) is 0 Å². The Hall–Kier alpha value is -0.380. The molecule has 0 saturated heterocycles. The van der Waals surface area contributed by atoms with Crippen molar-refractivity contribution in [1.29, 1.82) is 0 Å². The van der Waals surface area contributed by atoms with E-state index in [2.05, 4.69) is 5.09 Å². The SMILES string of the molecule is O=P(O)(O)NCc1ccccc1Cl. The first-order valence-electron chi connectivity index (χ1n) is 3.53. The summed E-state index contributed by atoms with van der Waals surface area (Å²) in [5, 5.41) is 2.55. The zero-order valence-corrected chi connectivity index (χ0v) is 8.29. The fourth-order valence-electron chi connectivity index (χ4n) is 0.830. The third-order valence-electron chi connectivity index (χ3n) is 1.43. The molecule has 1 rings (SSSR count). The summed E-state index contributed by atoms with van der Waals surface area (Å²) in [6.45, 7) is 0.0595. The van der Waals surface area contributed by atoms with Crippen molar-refractivity contribution < 1.29 is 14.4 Å². The van der Waals surface area contributed by atoms with Gasteiger partial charge in [-0.1, -0.05) is 29.8 Å². The Labute approximate surface area is 80.8 Å². The van der Waals surface area contributed by atoms with Gasteiger partial charge < -0.3 is 9.79 Å². The van der Waals surface area contributed by atoms with Crippen molar-refractivity contribution in [3.8, 4) is 0 Å². The first-order valence-corrected chi connectivity index (χ1v) is 5.52. The van der Waals surface area contributed by atoms with Gasteiger partial charge in [-0.05, 0) is 11.6 Å². The monoisotopic (exact) mass is 221 g/mol. The lowest BCUT2D eigenvalue weighted by atomic mass is 10.2. The van der Waals surface area contributed by atoms with Gasteiger partial charge in [0.15, 0.2) is 0 Å². The molecule has 0 heterocycles. The summed E-state index contributed by atoms with van der Waals surface area (Å²) in [5.74, 6) is 0. The maximum Gasteiger partial charge on any atom is 0.400 e. The minimum Gasteiger partial charge on any atom is -0.313 e. The van der Waals surface area contributed by atoms with Crippen LogP contribution in [-0.4, -0.2) is 9.79 Å². The highest BCUT2D eigenvalue weighted by Gasteiger charge is 2.11. The average molecular weight is 222 g/mol. The first-order chi connectivity index (χ1) is 5.99. The van der Waals surface area contributed by atoms with E-state index in [1.165, 1.54) is 0 Å². The molecule has 0 spiro atoms. The van der Waals surface area contributed by atoms with Crippen molar-refractivity contribution in [1.82, 2.24) is 5.09 Å². The Morgan fingerprint density at radius 1 is 1.38 bits per heavy atom. The molecule has 1 aromatic rings. The molecule has 0 aliphatic rings. The molecule has 0 aliphatic carbocycles. The third-order valence-corrected chi connectivity index (χ3v) is 2.37. The standard InChI is InChI=1S/C7H9ClNO3P/c8-7-4-2-1-3-6(7)5-9-13(10,11)12/h1-4H,5H2,(H3,9,10,11,12). The van der Waals surface area contributed by atoms with Crippen LogP contribution in [0.1, 0.15) is 5.56 Å². The van der Waals surface area contributed by atoms with Crippen LogP contribution in [-0.2, 0) is 11.1 Å². The smallest absolute Gasteiger partial charge is 0.313 e.